The molecule has 2 heterocycles. The highest BCUT2D eigenvalue weighted by atomic mass is 19.4. The third-order valence-corrected chi connectivity index (χ3v) is 4.86. The second-order valence-corrected chi connectivity index (χ2v) is 6.70. The molecular weight excluding hydrogens is 349 g/mol. The highest BCUT2D eigenvalue weighted by Gasteiger charge is 2.29. The topological polar surface area (TPSA) is 16.1 Å². The average Bonchev–Trinajstić information content (AvgIpc) is 2.68. The third kappa shape index (κ3) is 3.97. The number of anilines is 1. The second-order valence-electron chi connectivity index (χ2n) is 6.70. The monoisotopic (exact) mass is 367 g/mol. The van der Waals surface area contributed by atoms with Crippen LogP contribution in [0.3, 0.4) is 0 Å². The van der Waals surface area contributed by atoms with Gasteiger partial charge < -0.3 is 4.90 Å². The van der Waals surface area contributed by atoms with Crippen LogP contribution in [0.1, 0.15) is 24.0 Å². The van der Waals surface area contributed by atoms with E-state index in [1.807, 2.05) is 30.3 Å². The van der Waals surface area contributed by atoms with E-state index < -0.39 is 11.7 Å². The lowest BCUT2D eigenvalue weighted by Gasteiger charge is -2.29. The number of fused-ring (bicyclic) bond motifs is 1. The lowest BCUT2D eigenvalue weighted by Crippen LogP contribution is -2.31. The van der Waals surface area contributed by atoms with Crippen molar-refractivity contribution in [2.75, 3.05) is 18.0 Å². The summed E-state index contributed by atoms with van der Waals surface area (Å²) >= 11 is 0. The van der Waals surface area contributed by atoms with Gasteiger partial charge >= 0.3 is 6.18 Å². The summed E-state index contributed by atoms with van der Waals surface area (Å²) in [6.45, 7) is 1.70. The SMILES string of the molecule is FC(F)(F)c1ccc(C=C2CCN(c3ccc4c[c]ccc4n3)CC2)cc1. The van der Waals surface area contributed by atoms with Gasteiger partial charge in [0.05, 0.1) is 11.1 Å². The van der Waals surface area contributed by atoms with Crippen LogP contribution < -0.4 is 4.90 Å². The molecule has 5 heteroatoms. The molecule has 1 aromatic heterocycles. The highest BCUT2D eigenvalue weighted by molar-refractivity contribution is 5.80. The molecule has 0 N–H and O–H groups in total. The molecule has 4 rings (SSSR count). The molecule has 0 bridgehead atoms. The van der Waals surface area contributed by atoms with Gasteiger partial charge in [0.15, 0.2) is 0 Å². The van der Waals surface area contributed by atoms with Gasteiger partial charge in [0.2, 0.25) is 0 Å². The largest absolute Gasteiger partial charge is 0.416 e. The molecule has 0 unspecified atom stereocenters. The van der Waals surface area contributed by atoms with E-state index in [0.29, 0.717) is 0 Å². The molecule has 1 saturated heterocycles. The van der Waals surface area contributed by atoms with Crippen LogP contribution in [0.2, 0.25) is 0 Å². The van der Waals surface area contributed by atoms with Crippen LogP contribution in [0.25, 0.3) is 17.0 Å². The number of alkyl halides is 3. The first-order valence-electron chi connectivity index (χ1n) is 8.87. The van der Waals surface area contributed by atoms with Gasteiger partial charge in [-0.2, -0.15) is 13.2 Å². The Morgan fingerprint density at radius 2 is 1.70 bits per heavy atom. The first-order chi connectivity index (χ1) is 13.0. The Morgan fingerprint density at radius 3 is 2.41 bits per heavy atom. The van der Waals surface area contributed by atoms with Crippen LogP contribution in [0.4, 0.5) is 19.0 Å². The maximum atomic E-state index is 12.7. The Balaban J connectivity index is 1.44. The van der Waals surface area contributed by atoms with E-state index in [4.69, 9.17) is 4.98 Å². The molecule has 0 aliphatic carbocycles. The standard InChI is InChI=1S/C22H18F3N2/c23-22(24,25)19-8-5-16(6-9-19)15-17-11-13-27(14-12-17)21-10-7-18-3-1-2-4-20(18)26-21/h2-10,15H,11-14H2. The Labute approximate surface area is 156 Å². The van der Waals surface area contributed by atoms with Crippen molar-refractivity contribution < 1.29 is 13.2 Å². The minimum absolute atomic E-state index is 0.612. The van der Waals surface area contributed by atoms with Crippen LogP contribution >= 0.6 is 0 Å². The van der Waals surface area contributed by atoms with Gasteiger partial charge in [-0.3, -0.25) is 0 Å². The fraction of sp³-hybridized carbons (Fsp3) is 0.227. The van der Waals surface area contributed by atoms with Crippen molar-refractivity contribution in [1.82, 2.24) is 4.98 Å². The van der Waals surface area contributed by atoms with E-state index in [1.165, 1.54) is 17.7 Å². The van der Waals surface area contributed by atoms with Crippen molar-refractivity contribution in [2.45, 2.75) is 19.0 Å². The minimum atomic E-state index is -4.29. The number of nitrogens with zero attached hydrogens (tertiary/aromatic N) is 2. The predicted molar refractivity (Wildman–Crippen MR) is 101 cm³/mol. The number of piperidine rings is 1. The normalized spacial score (nSPS) is 15.2. The van der Waals surface area contributed by atoms with Crippen LogP contribution in [0, 0.1) is 6.07 Å². The molecule has 2 aromatic carbocycles. The smallest absolute Gasteiger partial charge is 0.356 e. The molecule has 1 fully saturated rings. The van der Waals surface area contributed by atoms with Crippen LogP contribution in [-0.4, -0.2) is 18.1 Å². The Kier molecular flexibility index (Phi) is 4.60. The Hall–Kier alpha value is -2.82. The zero-order valence-electron chi connectivity index (χ0n) is 14.6. The van der Waals surface area contributed by atoms with Crippen LogP contribution in [0.15, 0.2) is 60.2 Å². The number of hydrogen-bond acceptors (Lipinski definition) is 2. The van der Waals surface area contributed by atoms with E-state index in [9.17, 15) is 13.2 Å². The predicted octanol–water partition coefficient (Wildman–Crippen LogP) is 5.74. The molecule has 0 saturated carbocycles. The molecule has 0 atom stereocenters. The zero-order chi connectivity index (χ0) is 18.9. The molecule has 0 amide bonds. The summed E-state index contributed by atoms with van der Waals surface area (Å²) in [5.41, 5.74) is 2.41. The summed E-state index contributed by atoms with van der Waals surface area (Å²) < 4.78 is 38.0. The number of halogens is 3. The van der Waals surface area contributed by atoms with Crippen LogP contribution in [-0.2, 0) is 6.18 Å². The number of rotatable bonds is 2. The number of aromatic nitrogens is 1. The molecule has 1 aliphatic rings. The van der Waals surface area contributed by atoms with Gasteiger partial charge in [0, 0.05) is 18.5 Å². The van der Waals surface area contributed by atoms with Gasteiger partial charge in [-0.05, 0) is 60.9 Å². The minimum Gasteiger partial charge on any atom is -0.356 e. The van der Waals surface area contributed by atoms with E-state index in [1.54, 1.807) is 0 Å². The van der Waals surface area contributed by atoms with E-state index >= 15 is 0 Å². The molecule has 2 nitrogen and oxygen atoms in total. The van der Waals surface area contributed by atoms with Gasteiger partial charge in [-0.15, -0.1) is 0 Å². The van der Waals surface area contributed by atoms with Crippen molar-refractivity contribution in [3.05, 3.63) is 77.4 Å². The Morgan fingerprint density at radius 1 is 0.963 bits per heavy atom. The summed E-state index contributed by atoms with van der Waals surface area (Å²) in [4.78, 5) is 6.97. The molecule has 1 radical (unpaired) electrons. The van der Waals surface area contributed by atoms with Gasteiger partial charge in [-0.1, -0.05) is 29.8 Å². The Bertz CT molecular complexity index is 965. The number of pyridine rings is 1. The zero-order valence-corrected chi connectivity index (χ0v) is 14.6. The maximum Gasteiger partial charge on any atom is 0.416 e. The summed E-state index contributed by atoms with van der Waals surface area (Å²) in [6.07, 6.45) is -0.532. The lowest BCUT2D eigenvalue weighted by molar-refractivity contribution is -0.137. The lowest BCUT2D eigenvalue weighted by atomic mass is 10.00. The summed E-state index contributed by atoms with van der Waals surface area (Å²) in [7, 11) is 0. The molecule has 3 aromatic rings. The highest BCUT2D eigenvalue weighted by Crippen LogP contribution is 2.30. The molecular formula is C22H18F3N2. The van der Waals surface area contributed by atoms with Crippen molar-refractivity contribution >= 4 is 22.8 Å². The van der Waals surface area contributed by atoms with E-state index in [-0.39, 0.29) is 0 Å². The van der Waals surface area contributed by atoms with Crippen molar-refractivity contribution in [3.8, 4) is 0 Å². The summed E-state index contributed by atoms with van der Waals surface area (Å²) in [6, 6.07) is 18.2. The average molecular weight is 367 g/mol. The fourth-order valence-corrected chi connectivity index (χ4v) is 3.34. The van der Waals surface area contributed by atoms with Crippen molar-refractivity contribution in [2.24, 2.45) is 0 Å². The van der Waals surface area contributed by atoms with Gasteiger partial charge in [0.25, 0.3) is 0 Å². The fourth-order valence-electron chi connectivity index (χ4n) is 3.34. The number of hydrogen-bond donors (Lipinski definition) is 0. The molecule has 27 heavy (non-hydrogen) atoms. The quantitative estimate of drug-likeness (QED) is 0.574. The molecule has 1 aliphatic heterocycles. The van der Waals surface area contributed by atoms with Crippen molar-refractivity contribution in [3.63, 3.8) is 0 Å². The second kappa shape index (κ2) is 7.06. The van der Waals surface area contributed by atoms with Crippen LogP contribution in [0.5, 0.6) is 0 Å². The molecule has 137 valence electrons. The van der Waals surface area contributed by atoms with E-state index in [2.05, 4.69) is 17.0 Å². The maximum absolute atomic E-state index is 12.7. The first-order valence-corrected chi connectivity index (χ1v) is 8.87. The number of benzene rings is 2. The van der Waals surface area contributed by atoms with Crippen molar-refractivity contribution in [1.29, 1.82) is 0 Å². The first kappa shape index (κ1) is 17.6. The van der Waals surface area contributed by atoms with Gasteiger partial charge in [0.1, 0.15) is 5.82 Å². The summed E-state index contributed by atoms with van der Waals surface area (Å²) in [5, 5.41) is 1.07. The molecule has 0 spiro atoms. The van der Waals surface area contributed by atoms with E-state index in [0.717, 1.165) is 60.3 Å². The van der Waals surface area contributed by atoms with Gasteiger partial charge in [-0.25, -0.2) is 4.98 Å². The summed E-state index contributed by atoms with van der Waals surface area (Å²) in [5.74, 6) is 0.960. The third-order valence-electron chi connectivity index (χ3n) is 4.86.